The van der Waals surface area contributed by atoms with Crippen molar-refractivity contribution >= 4 is 29.0 Å². The number of aromatic carboxylic acids is 1. The van der Waals surface area contributed by atoms with Gasteiger partial charge in [0.15, 0.2) is 11.8 Å². The molecular weight excluding hydrogens is 436 g/mol. The highest BCUT2D eigenvalue weighted by Gasteiger charge is 2.35. The van der Waals surface area contributed by atoms with E-state index in [2.05, 4.69) is 15.3 Å². The van der Waals surface area contributed by atoms with Crippen molar-refractivity contribution in [2.45, 2.75) is 26.8 Å². The first-order chi connectivity index (χ1) is 16.2. The Balaban J connectivity index is 1.63. The number of amides is 1. The third-order valence-electron chi connectivity index (χ3n) is 5.66. The summed E-state index contributed by atoms with van der Waals surface area (Å²) in [6, 6.07) is 13.0. The average molecular weight is 458 g/mol. The number of carboxylic acids is 1. The number of azo groups is 1. The van der Waals surface area contributed by atoms with Crippen LogP contribution in [-0.4, -0.2) is 38.9 Å². The number of carbonyl (C=O) groups is 2. The van der Waals surface area contributed by atoms with E-state index in [9.17, 15) is 24.9 Å². The van der Waals surface area contributed by atoms with Gasteiger partial charge in [-0.25, -0.2) is 4.79 Å². The maximum absolute atomic E-state index is 13.0. The molecule has 0 saturated carbocycles. The molecule has 1 amide bonds. The molecule has 3 aromatic carbocycles. The van der Waals surface area contributed by atoms with Crippen LogP contribution in [0.3, 0.4) is 0 Å². The maximum atomic E-state index is 13.0. The molecule has 0 saturated heterocycles. The van der Waals surface area contributed by atoms with Crippen LogP contribution in [0, 0.1) is 13.8 Å². The normalized spacial score (nSPS) is 15.7. The minimum atomic E-state index is -1.17. The molecule has 3 aromatic rings. The third-order valence-corrected chi connectivity index (χ3v) is 5.66. The van der Waals surface area contributed by atoms with Gasteiger partial charge in [-0.2, -0.15) is 20.3 Å². The number of phenols is 2. The zero-order chi connectivity index (χ0) is 24.6. The van der Waals surface area contributed by atoms with E-state index in [1.165, 1.54) is 35.3 Å². The van der Waals surface area contributed by atoms with Crippen LogP contribution < -0.4 is 5.01 Å². The summed E-state index contributed by atoms with van der Waals surface area (Å²) >= 11 is 0. The number of para-hydroxylation sites is 1. The van der Waals surface area contributed by atoms with Crippen LogP contribution >= 0.6 is 0 Å². The Morgan fingerprint density at radius 3 is 2.44 bits per heavy atom. The molecular formula is C25H22N4O5. The van der Waals surface area contributed by atoms with Crippen molar-refractivity contribution in [1.82, 2.24) is 0 Å². The summed E-state index contributed by atoms with van der Waals surface area (Å²) < 4.78 is 0. The lowest BCUT2D eigenvalue weighted by Gasteiger charge is -2.14. The van der Waals surface area contributed by atoms with Gasteiger partial charge in [-0.05, 0) is 68.3 Å². The molecule has 1 heterocycles. The van der Waals surface area contributed by atoms with Crippen LogP contribution in [0.4, 0.5) is 11.4 Å². The van der Waals surface area contributed by atoms with E-state index >= 15 is 0 Å². The first kappa shape index (κ1) is 22.7. The van der Waals surface area contributed by atoms with Gasteiger partial charge in [-0.3, -0.25) is 4.79 Å². The van der Waals surface area contributed by atoms with E-state index in [-0.39, 0.29) is 39.8 Å². The SMILES string of the molecule is CC1=NN(c2ccc(C)c(C)c2)C(=O)C1N=Nc1cccc(-c2cc(C(=O)O)ccc2O)c1O. The van der Waals surface area contributed by atoms with Gasteiger partial charge < -0.3 is 15.3 Å². The number of nitrogens with zero attached hydrogens (tertiary/aromatic N) is 4. The summed E-state index contributed by atoms with van der Waals surface area (Å²) in [6.07, 6.45) is 0. The van der Waals surface area contributed by atoms with Gasteiger partial charge in [-0.15, -0.1) is 0 Å². The van der Waals surface area contributed by atoms with Crippen molar-refractivity contribution in [3.63, 3.8) is 0 Å². The Morgan fingerprint density at radius 1 is 0.971 bits per heavy atom. The number of hydrogen-bond donors (Lipinski definition) is 3. The van der Waals surface area contributed by atoms with Gasteiger partial charge in [0.25, 0.3) is 5.91 Å². The fourth-order valence-electron chi connectivity index (χ4n) is 3.57. The van der Waals surface area contributed by atoms with Crippen molar-refractivity contribution in [2.75, 3.05) is 5.01 Å². The summed E-state index contributed by atoms with van der Waals surface area (Å²) in [4.78, 5) is 24.3. The van der Waals surface area contributed by atoms with E-state index in [1.54, 1.807) is 13.0 Å². The maximum Gasteiger partial charge on any atom is 0.335 e. The van der Waals surface area contributed by atoms with Crippen molar-refractivity contribution in [3.05, 3.63) is 71.3 Å². The van der Waals surface area contributed by atoms with Gasteiger partial charge in [0.05, 0.1) is 17.0 Å². The van der Waals surface area contributed by atoms with E-state index in [1.807, 2.05) is 32.0 Å². The van der Waals surface area contributed by atoms with E-state index in [0.29, 0.717) is 11.4 Å². The summed E-state index contributed by atoms with van der Waals surface area (Å²) in [5, 5.41) is 44.0. The van der Waals surface area contributed by atoms with Crippen LogP contribution in [-0.2, 0) is 4.79 Å². The van der Waals surface area contributed by atoms with Gasteiger partial charge in [-0.1, -0.05) is 18.2 Å². The molecule has 1 aliphatic heterocycles. The number of hydrogen-bond acceptors (Lipinski definition) is 7. The molecule has 0 aliphatic carbocycles. The second-order valence-electron chi connectivity index (χ2n) is 7.99. The molecule has 0 bridgehead atoms. The number of phenolic OH excluding ortho intramolecular Hbond substituents is 2. The Labute approximate surface area is 195 Å². The zero-order valence-corrected chi connectivity index (χ0v) is 18.7. The Bertz CT molecular complexity index is 1380. The first-order valence-electron chi connectivity index (χ1n) is 10.4. The highest BCUT2D eigenvalue weighted by atomic mass is 16.4. The topological polar surface area (TPSA) is 135 Å². The van der Waals surface area contributed by atoms with Crippen molar-refractivity contribution < 1.29 is 24.9 Å². The van der Waals surface area contributed by atoms with Crippen molar-refractivity contribution in [3.8, 4) is 22.6 Å². The summed E-state index contributed by atoms with van der Waals surface area (Å²) in [6.45, 7) is 5.61. The highest BCUT2D eigenvalue weighted by molar-refractivity contribution is 6.18. The number of aryl methyl sites for hydroxylation is 2. The van der Waals surface area contributed by atoms with Gasteiger partial charge >= 0.3 is 5.97 Å². The molecule has 9 heteroatoms. The number of carbonyl (C=O) groups excluding carboxylic acids is 1. The number of benzene rings is 3. The van der Waals surface area contributed by atoms with Crippen LogP contribution in [0.5, 0.6) is 11.5 Å². The molecule has 0 spiro atoms. The van der Waals surface area contributed by atoms with Gasteiger partial charge in [0, 0.05) is 11.1 Å². The minimum absolute atomic E-state index is 0.0472. The highest BCUT2D eigenvalue weighted by Crippen LogP contribution is 2.41. The summed E-state index contributed by atoms with van der Waals surface area (Å²) in [5.41, 5.74) is 3.53. The van der Waals surface area contributed by atoms with Crippen molar-refractivity contribution in [1.29, 1.82) is 0 Å². The van der Waals surface area contributed by atoms with Crippen LogP contribution in [0.2, 0.25) is 0 Å². The number of carboxylic acid groups (broad SMARTS) is 1. The fourth-order valence-corrected chi connectivity index (χ4v) is 3.57. The van der Waals surface area contributed by atoms with Crippen LogP contribution in [0.25, 0.3) is 11.1 Å². The smallest absolute Gasteiger partial charge is 0.335 e. The standard InChI is InChI=1S/C25H22N4O5/c1-13-7-9-17(11-14(13)2)29-24(32)22(15(3)28-29)27-26-20-6-4-5-18(23(20)31)19-12-16(25(33)34)8-10-21(19)30/h4-12,22,30-31H,1-3H3,(H,33,34). The molecule has 9 nitrogen and oxygen atoms in total. The predicted molar refractivity (Wildman–Crippen MR) is 127 cm³/mol. The third kappa shape index (κ3) is 4.11. The predicted octanol–water partition coefficient (Wildman–Crippen LogP) is 4.95. The molecule has 0 aromatic heterocycles. The summed E-state index contributed by atoms with van der Waals surface area (Å²) in [7, 11) is 0. The Morgan fingerprint density at radius 2 is 1.74 bits per heavy atom. The van der Waals surface area contributed by atoms with Crippen LogP contribution in [0.1, 0.15) is 28.4 Å². The molecule has 4 rings (SSSR count). The largest absolute Gasteiger partial charge is 0.507 e. The molecule has 1 atom stereocenters. The monoisotopic (exact) mass is 458 g/mol. The molecule has 3 N–H and O–H groups in total. The number of rotatable bonds is 5. The second-order valence-corrected chi connectivity index (χ2v) is 7.99. The molecule has 1 aliphatic rings. The Hall–Kier alpha value is -4.53. The number of aromatic hydroxyl groups is 2. The molecule has 172 valence electrons. The van der Waals surface area contributed by atoms with E-state index in [4.69, 9.17) is 0 Å². The average Bonchev–Trinajstić information content (AvgIpc) is 3.08. The molecule has 0 fully saturated rings. The molecule has 1 unspecified atom stereocenters. The first-order valence-corrected chi connectivity index (χ1v) is 10.4. The van der Waals surface area contributed by atoms with Gasteiger partial charge in [0.1, 0.15) is 11.4 Å². The zero-order valence-electron chi connectivity index (χ0n) is 18.7. The van der Waals surface area contributed by atoms with Crippen molar-refractivity contribution in [2.24, 2.45) is 15.3 Å². The number of anilines is 1. The second kappa shape index (κ2) is 8.78. The van der Waals surface area contributed by atoms with Crippen LogP contribution in [0.15, 0.2) is 69.9 Å². The summed E-state index contributed by atoms with van der Waals surface area (Å²) in [5.74, 6) is -2.05. The lowest BCUT2D eigenvalue weighted by molar-refractivity contribution is -0.117. The fraction of sp³-hybridized carbons (Fsp3) is 0.160. The lowest BCUT2D eigenvalue weighted by Crippen LogP contribution is -2.29. The Kier molecular flexibility index (Phi) is 5.85. The van der Waals surface area contributed by atoms with Gasteiger partial charge in [0.2, 0.25) is 0 Å². The van der Waals surface area contributed by atoms with E-state index in [0.717, 1.165) is 11.1 Å². The molecule has 34 heavy (non-hydrogen) atoms. The quantitative estimate of drug-likeness (QED) is 0.465. The molecule has 0 radical (unpaired) electrons. The lowest BCUT2D eigenvalue weighted by atomic mass is 10.0. The number of hydrazone groups is 1. The van der Waals surface area contributed by atoms with E-state index < -0.39 is 12.0 Å². The minimum Gasteiger partial charge on any atom is -0.507 e.